The van der Waals surface area contributed by atoms with Gasteiger partial charge in [-0.15, -0.1) is 0 Å². The molecule has 77 heavy (non-hydrogen) atoms. The lowest BCUT2D eigenvalue weighted by Gasteiger charge is -2.22. The Kier molecular flexibility index (Phi) is 65.4. The Bertz CT molecular complexity index is 1200. The molecule has 0 fully saturated rings. The molecule has 0 radical (unpaired) electrons. The molecule has 0 saturated heterocycles. The Hall–Kier alpha value is -1.66. The minimum atomic E-state index is -0.661. The number of allylic oxidation sites excluding steroid dienone is 4. The van der Waals surface area contributed by atoms with Crippen LogP contribution in [0.1, 0.15) is 393 Å². The average molecular weight is 1080 g/mol. The van der Waals surface area contributed by atoms with E-state index in [0.29, 0.717) is 25.9 Å². The van der Waals surface area contributed by atoms with Gasteiger partial charge in [-0.1, -0.05) is 346 Å². The van der Waals surface area contributed by atoms with Crippen molar-refractivity contribution < 1.29 is 24.5 Å². The van der Waals surface area contributed by atoms with Gasteiger partial charge in [0.15, 0.2) is 0 Å². The maximum absolute atomic E-state index is 12.5. The smallest absolute Gasteiger partial charge is 0.305 e. The van der Waals surface area contributed by atoms with E-state index in [9.17, 15) is 19.8 Å². The summed E-state index contributed by atoms with van der Waals surface area (Å²) < 4.78 is 5.51. The van der Waals surface area contributed by atoms with Crippen molar-refractivity contribution in [1.29, 1.82) is 0 Å². The number of carbonyl (C=O) groups excluding carboxylic acids is 2. The summed E-state index contributed by atoms with van der Waals surface area (Å²) in [5, 5.41) is 23.3. The van der Waals surface area contributed by atoms with Gasteiger partial charge < -0.3 is 20.3 Å². The van der Waals surface area contributed by atoms with E-state index in [1.165, 1.54) is 308 Å². The molecule has 0 heterocycles. The predicted octanol–water partition coefficient (Wildman–Crippen LogP) is 22.5. The lowest BCUT2D eigenvalue weighted by Crippen LogP contribution is -2.45. The number of amides is 1. The second-order valence-electron chi connectivity index (χ2n) is 24.2. The molecule has 2 atom stereocenters. The molecule has 0 spiro atoms. The molecule has 0 rings (SSSR count). The quantitative estimate of drug-likeness (QED) is 0.0320. The van der Waals surface area contributed by atoms with Gasteiger partial charge in [0, 0.05) is 12.8 Å². The molecule has 0 saturated carbocycles. The molecule has 0 aromatic heterocycles. The van der Waals surface area contributed by atoms with E-state index >= 15 is 0 Å². The SMILES string of the molecule is CCCCC/C=C\C/C=C\CCCCCCCCCCCC(=O)OCCCCCCCCCCCCCCCCCCCCCCCCCCCCCCC(=O)NC(CO)C(O)CCCCCCCCCCCCCCC. The molecule has 0 bridgehead atoms. The van der Waals surface area contributed by atoms with E-state index in [4.69, 9.17) is 4.74 Å². The zero-order valence-corrected chi connectivity index (χ0v) is 52.2. The molecule has 0 aromatic rings. The largest absolute Gasteiger partial charge is 0.466 e. The van der Waals surface area contributed by atoms with Crippen molar-refractivity contribution in [3.05, 3.63) is 24.3 Å². The third-order valence-electron chi connectivity index (χ3n) is 16.5. The Morgan fingerprint density at radius 3 is 1.01 bits per heavy atom. The third-order valence-corrected chi connectivity index (χ3v) is 16.5. The van der Waals surface area contributed by atoms with E-state index in [-0.39, 0.29) is 18.5 Å². The van der Waals surface area contributed by atoms with Crippen molar-refractivity contribution in [2.45, 2.75) is 405 Å². The Morgan fingerprint density at radius 2 is 0.649 bits per heavy atom. The Balaban J connectivity index is 3.32. The zero-order valence-electron chi connectivity index (χ0n) is 52.2. The van der Waals surface area contributed by atoms with Gasteiger partial charge in [0.05, 0.1) is 25.4 Å². The van der Waals surface area contributed by atoms with Crippen molar-refractivity contribution in [3.63, 3.8) is 0 Å². The van der Waals surface area contributed by atoms with Crippen LogP contribution >= 0.6 is 0 Å². The monoisotopic (exact) mass is 1080 g/mol. The van der Waals surface area contributed by atoms with Gasteiger partial charge in [-0.2, -0.15) is 0 Å². The van der Waals surface area contributed by atoms with Crippen molar-refractivity contribution >= 4 is 11.9 Å². The van der Waals surface area contributed by atoms with E-state index < -0.39 is 12.1 Å². The molecule has 6 heteroatoms. The average Bonchev–Trinajstić information content (AvgIpc) is 3.43. The van der Waals surface area contributed by atoms with Gasteiger partial charge in [0.25, 0.3) is 0 Å². The number of hydrogen-bond acceptors (Lipinski definition) is 5. The highest BCUT2D eigenvalue weighted by Gasteiger charge is 2.20. The van der Waals surface area contributed by atoms with Crippen LogP contribution in [0.15, 0.2) is 24.3 Å². The van der Waals surface area contributed by atoms with E-state index in [2.05, 4.69) is 43.5 Å². The lowest BCUT2D eigenvalue weighted by atomic mass is 10.0. The summed E-state index contributed by atoms with van der Waals surface area (Å²) in [4.78, 5) is 24.6. The number of hydrogen-bond donors (Lipinski definition) is 3. The van der Waals surface area contributed by atoms with Gasteiger partial charge in [-0.3, -0.25) is 9.59 Å². The van der Waals surface area contributed by atoms with Crippen LogP contribution < -0.4 is 5.32 Å². The Morgan fingerprint density at radius 1 is 0.364 bits per heavy atom. The highest BCUT2D eigenvalue weighted by atomic mass is 16.5. The van der Waals surface area contributed by atoms with Gasteiger partial charge in [-0.05, 0) is 57.8 Å². The maximum Gasteiger partial charge on any atom is 0.305 e. The second kappa shape index (κ2) is 66.8. The molecular formula is C71H137NO5. The third kappa shape index (κ3) is 63.4. The first-order valence-electron chi connectivity index (χ1n) is 35.1. The molecular weight excluding hydrogens is 947 g/mol. The van der Waals surface area contributed by atoms with Crippen LogP contribution in [-0.2, 0) is 14.3 Å². The van der Waals surface area contributed by atoms with Crippen molar-refractivity contribution in [2.75, 3.05) is 13.2 Å². The van der Waals surface area contributed by atoms with Crippen LogP contribution in [0.2, 0.25) is 0 Å². The maximum atomic E-state index is 12.5. The number of rotatable bonds is 66. The van der Waals surface area contributed by atoms with E-state index in [1.54, 1.807) is 0 Å². The minimum absolute atomic E-state index is 0.0157. The first-order chi connectivity index (χ1) is 38.0. The van der Waals surface area contributed by atoms with Gasteiger partial charge >= 0.3 is 5.97 Å². The second-order valence-corrected chi connectivity index (χ2v) is 24.2. The number of unbranched alkanes of at least 4 members (excludes halogenated alkanes) is 51. The number of aliphatic hydroxyl groups excluding tert-OH is 2. The summed E-state index contributed by atoms with van der Waals surface area (Å²) >= 11 is 0. The van der Waals surface area contributed by atoms with Gasteiger partial charge in [0.1, 0.15) is 0 Å². The molecule has 0 aliphatic rings. The van der Waals surface area contributed by atoms with Crippen LogP contribution in [0, 0.1) is 0 Å². The summed E-state index contributed by atoms with van der Waals surface area (Å²) in [6, 6.07) is -0.538. The van der Waals surface area contributed by atoms with Gasteiger partial charge in [0.2, 0.25) is 5.91 Å². The van der Waals surface area contributed by atoms with Gasteiger partial charge in [-0.25, -0.2) is 0 Å². The van der Waals surface area contributed by atoms with E-state index in [1.807, 2.05) is 0 Å². The standard InChI is InChI=1S/C71H137NO5/c1-3-5-7-9-11-13-15-17-18-19-30-34-37-41-45-49-53-57-61-65-71(76)77-66-62-58-54-50-46-42-38-35-32-29-27-25-23-21-20-22-24-26-28-31-33-36-40-44-48-52-56-60-64-70(75)72-68(67-73)69(74)63-59-55-51-47-43-39-16-14-12-10-8-6-4-2/h11,13,17-18,68-69,73-74H,3-10,12,14-16,19-67H2,1-2H3,(H,72,75)/b13-11-,18-17-. The minimum Gasteiger partial charge on any atom is -0.466 e. The summed E-state index contributed by atoms with van der Waals surface area (Å²) in [5.41, 5.74) is 0. The predicted molar refractivity (Wildman–Crippen MR) is 338 cm³/mol. The van der Waals surface area contributed by atoms with Crippen molar-refractivity contribution in [2.24, 2.45) is 0 Å². The van der Waals surface area contributed by atoms with Crippen LogP contribution in [0.25, 0.3) is 0 Å². The molecule has 0 aromatic carbocycles. The Labute approximate surface area is 481 Å². The first-order valence-corrected chi connectivity index (χ1v) is 35.1. The molecule has 3 N–H and O–H groups in total. The van der Waals surface area contributed by atoms with Crippen LogP contribution in [0.5, 0.6) is 0 Å². The lowest BCUT2D eigenvalue weighted by molar-refractivity contribution is -0.143. The number of aliphatic hydroxyl groups is 2. The highest BCUT2D eigenvalue weighted by Crippen LogP contribution is 2.19. The highest BCUT2D eigenvalue weighted by molar-refractivity contribution is 5.76. The fourth-order valence-corrected chi connectivity index (χ4v) is 11.1. The normalized spacial score (nSPS) is 12.6. The van der Waals surface area contributed by atoms with Crippen LogP contribution in [0.4, 0.5) is 0 Å². The molecule has 0 aliphatic carbocycles. The van der Waals surface area contributed by atoms with Crippen LogP contribution in [0.3, 0.4) is 0 Å². The topological polar surface area (TPSA) is 95.9 Å². The van der Waals surface area contributed by atoms with E-state index in [0.717, 1.165) is 51.4 Å². The summed E-state index contributed by atoms with van der Waals surface area (Å²) in [6.07, 6.45) is 83.7. The summed E-state index contributed by atoms with van der Waals surface area (Å²) in [6.45, 7) is 4.96. The zero-order chi connectivity index (χ0) is 55.7. The van der Waals surface area contributed by atoms with Crippen molar-refractivity contribution in [1.82, 2.24) is 5.32 Å². The molecule has 456 valence electrons. The number of carbonyl (C=O) groups is 2. The molecule has 1 amide bonds. The molecule has 6 nitrogen and oxygen atoms in total. The summed E-state index contributed by atoms with van der Waals surface area (Å²) in [7, 11) is 0. The first kappa shape index (κ1) is 75.3. The summed E-state index contributed by atoms with van der Waals surface area (Å²) in [5.74, 6) is -0.0141. The van der Waals surface area contributed by atoms with Crippen molar-refractivity contribution in [3.8, 4) is 0 Å². The number of nitrogens with one attached hydrogen (secondary N) is 1. The molecule has 2 unspecified atom stereocenters. The number of ether oxygens (including phenoxy) is 1. The van der Waals surface area contributed by atoms with Crippen LogP contribution in [-0.4, -0.2) is 47.4 Å². The fraction of sp³-hybridized carbons (Fsp3) is 0.915. The number of esters is 1. The molecule has 0 aliphatic heterocycles. The fourth-order valence-electron chi connectivity index (χ4n) is 11.1.